The van der Waals surface area contributed by atoms with E-state index in [0.29, 0.717) is 28.0 Å². The number of aryl methyl sites for hydroxylation is 2. The summed E-state index contributed by atoms with van der Waals surface area (Å²) in [7, 11) is 1.53. The molecule has 6 heteroatoms. The lowest BCUT2D eigenvalue weighted by atomic mass is 10.1. The molecule has 2 aromatic carbocycles. The smallest absolute Gasteiger partial charge is 0.344 e. The minimum Gasteiger partial charge on any atom is -0.497 e. The van der Waals surface area contributed by atoms with Crippen molar-refractivity contribution in [3.8, 4) is 11.5 Å². The van der Waals surface area contributed by atoms with Crippen molar-refractivity contribution in [2.45, 2.75) is 20.5 Å². The van der Waals surface area contributed by atoms with Crippen molar-refractivity contribution in [1.82, 2.24) is 0 Å². The van der Waals surface area contributed by atoms with Gasteiger partial charge in [-0.2, -0.15) is 0 Å². The van der Waals surface area contributed by atoms with Crippen LogP contribution in [0.1, 0.15) is 16.7 Å². The van der Waals surface area contributed by atoms with E-state index in [2.05, 4.69) is 0 Å². The molecular weight excluding hydrogens is 348 g/mol. The highest BCUT2D eigenvalue weighted by Crippen LogP contribution is 2.24. The highest BCUT2D eigenvalue weighted by molar-refractivity contribution is 5.81. The summed E-state index contributed by atoms with van der Waals surface area (Å²) in [6, 6.07) is 12.2. The molecule has 0 spiro atoms. The van der Waals surface area contributed by atoms with Gasteiger partial charge in [-0.25, -0.2) is 9.59 Å². The van der Waals surface area contributed by atoms with Crippen LogP contribution < -0.4 is 15.1 Å². The number of fused-ring (bicyclic) bond motifs is 1. The Morgan fingerprint density at radius 3 is 2.52 bits per heavy atom. The molecule has 0 unspecified atom stereocenters. The fourth-order valence-electron chi connectivity index (χ4n) is 2.81. The van der Waals surface area contributed by atoms with E-state index in [0.717, 1.165) is 11.1 Å². The molecule has 1 aromatic heterocycles. The first kappa shape index (κ1) is 18.5. The van der Waals surface area contributed by atoms with Crippen LogP contribution in [0.15, 0.2) is 51.7 Å². The SMILES string of the molecule is COc1ccc2c(COC(=O)COc3c(C)cccc3C)cc(=O)oc2c1. The van der Waals surface area contributed by atoms with Crippen molar-refractivity contribution < 1.29 is 23.4 Å². The number of benzene rings is 2. The van der Waals surface area contributed by atoms with Gasteiger partial charge in [0.1, 0.15) is 23.7 Å². The van der Waals surface area contributed by atoms with E-state index >= 15 is 0 Å². The molecule has 0 aliphatic heterocycles. The van der Waals surface area contributed by atoms with Gasteiger partial charge in [0.2, 0.25) is 0 Å². The quantitative estimate of drug-likeness (QED) is 0.489. The van der Waals surface area contributed by atoms with Crippen LogP contribution in [-0.4, -0.2) is 19.7 Å². The number of hydrogen-bond acceptors (Lipinski definition) is 6. The molecule has 27 heavy (non-hydrogen) atoms. The molecule has 3 aromatic rings. The first-order valence-electron chi connectivity index (χ1n) is 8.43. The zero-order valence-electron chi connectivity index (χ0n) is 15.4. The fraction of sp³-hybridized carbons (Fsp3) is 0.238. The first-order valence-corrected chi connectivity index (χ1v) is 8.43. The van der Waals surface area contributed by atoms with Crippen LogP contribution in [0, 0.1) is 13.8 Å². The average Bonchev–Trinajstić information content (AvgIpc) is 2.65. The van der Waals surface area contributed by atoms with E-state index in [1.165, 1.54) is 13.2 Å². The van der Waals surface area contributed by atoms with E-state index in [-0.39, 0.29) is 13.2 Å². The summed E-state index contributed by atoms with van der Waals surface area (Å²) in [5.41, 5.74) is 2.31. The Kier molecular flexibility index (Phi) is 5.45. The van der Waals surface area contributed by atoms with Gasteiger partial charge in [0.25, 0.3) is 0 Å². The lowest BCUT2D eigenvalue weighted by molar-refractivity contribution is -0.147. The number of carbonyl (C=O) groups is 1. The zero-order valence-corrected chi connectivity index (χ0v) is 15.4. The second-order valence-corrected chi connectivity index (χ2v) is 6.12. The molecule has 140 valence electrons. The minimum absolute atomic E-state index is 0.0522. The molecule has 0 N–H and O–H groups in total. The van der Waals surface area contributed by atoms with Gasteiger partial charge in [0, 0.05) is 23.1 Å². The van der Waals surface area contributed by atoms with E-state index in [1.54, 1.807) is 18.2 Å². The van der Waals surface area contributed by atoms with Crippen LogP contribution in [0.2, 0.25) is 0 Å². The summed E-state index contributed by atoms with van der Waals surface area (Å²) >= 11 is 0. The zero-order chi connectivity index (χ0) is 19.4. The summed E-state index contributed by atoms with van der Waals surface area (Å²) < 4.78 is 21.2. The van der Waals surface area contributed by atoms with Crippen LogP contribution in [0.25, 0.3) is 11.0 Å². The van der Waals surface area contributed by atoms with E-state index < -0.39 is 11.6 Å². The summed E-state index contributed by atoms with van der Waals surface area (Å²) in [5.74, 6) is 0.724. The summed E-state index contributed by atoms with van der Waals surface area (Å²) in [6.45, 7) is 3.57. The first-order chi connectivity index (χ1) is 13.0. The number of carbonyl (C=O) groups excluding carboxylic acids is 1. The third kappa shape index (κ3) is 4.28. The number of esters is 1. The molecule has 0 bridgehead atoms. The van der Waals surface area contributed by atoms with Gasteiger partial charge in [-0.15, -0.1) is 0 Å². The van der Waals surface area contributed by atoms with Crippen molar-refractivity contribution >= 4 is 16.9 Å². The van der Waals surface area contributed by atoms with Gasteiger partial charge < -0.3 is 18.6 Å². The molecule has 6 nitrogen and oxygen atoms in total. The maximum atomic E-state index is 12.1. The number of methoxy groups -OCH3 is 1. The molecule has 0 aliphatic rings. The third-order valence-corrected chi connectivity index (χ3v) is 4.17. The second kappa shape index (κ2) is 7.95. The summed E-state index contributed by atoms with van der Waals surface area (Å²) in [4.78, 5) is 23.8. The van der Waals surface area contributed by atoms with Gasteiger partial charge in [-0.05, 0) is 37.1 Å². The Morgan fingerprint density at radius 2 is 1.81 bits per heavy atom. The molecule has 0 radical (unpaired) electrons. The molecule has 3 rings (SSSR count). The van der Waals surface area contributed by atoms with E-state index in [1.807, 2.05) is 32.0 Å². The topological polar surface area (TPSA) is 75.0 Å². The molecule has 1 heterocycles. The molecule has 0 aliphatic carbocycles. The van der Waals surface area contributed by atoms with Gasteiger partial charge in [0.15, 0.2) is 6.61 Å². The van der Waals surface area contributed by atoms with Crippen LogP contribution in [-0.2, 0) is 16.1 Å². The van der Waals surface area contributed by atoms with Crippen molar-refractivity contribution in [2.75, 3.05) is 13.7 Å². The Balaban J connectivity index is 1.69. The summed E-state index contributed by atoms with van der Waals surface area (Å²) in [6.07, 6.45) is 0. The Morgan fingerprint density at radius 1 is 1.07 bits per heavy atom. The standard InChI is InChI=1S/C21H20O6/c1-13-5-4-6-14(2)21(13)26-12-20(23)25-11-15-9-19(22)27-18-10-16(24-3)7-8-17(15)18/h4-10H,11-12H2,1-3H3. The van der Waals surface area contributed by atoms with Crippen molar-refractivity contribution in [2.24, 2.45) is 0 Å². The maximum Gasteiger partial charge on any atom is 0.344 e. The largest absolute Gasteiger partial charge is 0.497 e. The lowest BCUT2D eigenvalue weighted by Gasteiger charge is -2.12. The summed E-state index contributed by atoms with van der Waals surface area (Å²) in [5, 5.41) is 0.680. The molecule has 0 amide bonds. The Hall–Kier alpha value is -3.28. The monoisotopic (exact) mass is 368 g/mol. The van der Waals surface area contributed by atoms with Crippen molar-refractivity contribution in [3.63, 3.8) is 0 Å². The average molecular weight is 368 g/mol. The number of para-hydroxylation sites is 1. The van der Waals surface area contributed by atoms with Gasteiger partial charge in [-0.3, -0.25) is 0 Å². The second-order valence-electron chi connectivity index (χ2n) is 6.12. The third-order valence-electron chi connectivity index (χ3n) is 4.17. The van der Waals surface area contributed by atoms with Crippen molar-refractivity contribution in [3.05, 3.63) is 69.6 Å². The Labute approximate surface area is 156 Å². The van der Waals surface area contributed by atoms with Gasteiger partial charge >= 0.3 is 11.6 Å². The van der Waals surface area contributed by atoms with E-state index in [4.69, 9.17) is 18.6 Å². The Bertz CT molecular complexity index is 1010. The molecule has 0 saturated heterocycles. The lowest BCUT2D eigenvalue weighted by Crippen LogP contribution is -2.16. The normalized spacial score (nSPS) is 10.6. The highest BCUT2D eigenvalue weighted by Gasteiger charge is 2.12. The molecule has 0 saturated carbocycles. The van der Waals surface area contributed by atoms with Crippen molar-refractivity contribution in [1.29, 1.82) is 0 Å². The van der Waals surface area contributed by atoms with Crippen LogP contribution in [0.3, 0.4) is 0 Å². The maximum absolute atomic E-state index is 12.1. The minimum atomic E-state index is -0.521. The molecular formula is C21H20O6. The van der Waals surface area contributed by atoms with Crippen LogP contribution >= 0.6 is 0 Å². The molecule has 0 atom stereocenters. The highest BCUT2D eigenvalue weighted by atomic mass is 16.6. The predicted molar refractivity (Wildman–Crippen MR) is 100 cm³/mol. The van der Waals surface area contributed by atoms with Gasteiger partial charge in [0.05, 0.1) is 7.11 Å². The van der Waals surface area contributed by atoms with E-state index in [9.17, 15) is 9.59 Å². The number of ether oxygens (including phenoxy) is 3. The molecule has 0 fully saturated rings. The van der Waals surface area contributed by atoms with Crippen LogP contribution in [0.5, 0.6) is 11.5 Å². The number of rotatable bonds is 6. The fourth-order valence-corrected chi connectivity index (χ4v) is 2.81. The predicted octanol–water partition coefficient (Wildman–Crippen LogP) is 3.54. The number of hydrogen-bond donors (Lipinski definition) is 0. The van der Waals surface area contributed by atoms with Gasteiger partial charge in [-0.1, -0.05) is 18.2 Å². The van der Waals surface area contributed by atoms with Crippen LogP contribution in [0.4, 0.5) is 0 Å².